The molecule has 0 aliphatic carbocycles. The monoisotopic (exact) mass is 245 g/mol. The van der Waals surface area contributed by atoms with Gasteiger partial charge in [-0.1, -0.05) is 6.07 Å². The number of nitrogens with zero attached hydrogens (tertiary/aromatic N) is 3. The molecule has 1 aliphatic rings. The molecule has 2 rings (SSSR count). The van der Waals surface area contributed by atoms with Gasteiger partial charge in [-0.2, -0.15) is 5.26 Å². The summed E-state index contributed by atoms with van der Waals surface area (Å²) in [7, 11) is 1.64. The van der Waals surface area contributed by atoms with E-state index in [0.29, 0.717) is 5.88 Å². The molecule has 1 aromatic rings. The van der Waals surface area contributed by atoms with E-state index in [4.69, 9.17) is 4.74 Å². The lowest BCUT2D eigenvalue weighted by molar-refractivity contribution is 0.135. The minimum atomic E-state index is -0.215. The fraction of sp³-hybridized carbons (Fsp3) is 0.571. The lowest BCUT2D eigenvalue weighted by Gasteiger charge is -2.36. The molecule has 1 fully saturated rings. The van der Waals surface area contributed by atoms with E-state index in [0.717, 1.165) is 38.0 Å². The Morgan fingerprint density at radius 3 is 3.17 bits per heavy atom. The minimum Gasteiger partial charge on any atom is -0.481 e. The Balaban J connectivity index is 2.08. The summed E-state index contributed by atoms with van der Waals surface area (Å²) >= 11 is 0. The molecule has 0 N–H and O–H groups in total. The van der Waals surface area contributed by atoms with Crippen LogP contribution in [0, 0.1) is 16.7 Å². The first-order valence-electron chi connectivity index (χ1n) is 6.28. The second-order valence-corrected chi connectivity index (χ2v) is 5.16. The Hall–Kier alpha value is -1.60. The van der Waals surface area contributed by atoms with Gasteiger partial charge in [0.15, 0.2) is 0 Å². The van der Waals surface area contributed by atoms with Gasteiger partial charge in [0.25, 0.3) is 0 Å². The molecular weight excluding hydrogens is 226 g/mol. The Bertz CT molecular complexity index is 455. The highest BCUT2D eigenvalue weighted by Gasteiger charge is 2.31. The molecule has 0 spiro atoms. The van der Waals surface area contributed by atoms with E-state index < -0.39 is 0 Å². The SMILES string of the molecule is COc1ncccc1CN1CCCC(C)(C#N)C1. The average Bonchev–Trinajstić information content (AvgIpc) is 2.39. The van der Waals surface area contributed by atoms with Crippen molar-refractivity contribution in [2.75, 3.05) is 20.2 Å². The normalized spacial score (nSPS) is 24.5. The fourth-order valence-electron chi connectivity index (χ4n) is 2.54. The summed E-state index contributed by atoms with van der Waals surface area (Å²) in [6.07, 6.45) is 3.80. The zero-order valence-electron chi connectivity index (χ0n) is 11.0. The second kappa shape index (κ2) is 5.36. The highest BCUT2D eigenvalue weighted by Crippen LogP contribution is 2.30. The molecule has 96 valence electrons. The van der Waals surface area contributed by atoms with Gasteiger partial charge in [0.2, 0.25) is 5.88 Å². The summed E-state index contributed by atoms with van der Waals surface area (Å²) in [5.41, 5.74) is 0.871. The van der Waals surface area contributed by atoms with Gasteiger partial charge in [-0.15, -0.1) is 0 Å². The molecule has 1 atom stereocenters. The number of methoxy groups -OCH3 is 1. The van der Waals surface area contributed by atoms with E-state index in [2.05, 4.69) is 16.0 Å². The van der Waals surface area contributed by atoms with Crippen LogP contribution in [0.2, 0.25) is 0 Å². The number of piperidine rings is 1. The summed E-state index contributed by atoms with van der Waals surface area (Å²) in [6.45, 7) is 4.70. The number of nitriles is 1. The van der Waals surface area contributed by atoms with Gasteiger partial charge in [0.05, 0.1) is 18.6 Å². The van der Waals surface area contributed by atoms with Crippen LogP contribution in [-0.2, 0) is 6.54 Å². The van der Waals surface area contributed by atoms with Crippen molar-refractivity contribution in [1.29, 1.82) is 5.26 Å². The number of likely N-dealkylation sites (tertiary alicyclic amines) is 1. The second-order valence-electron chi connectivity index (χ2n) is 5.16. The fourth-order valence-corrected chi connectivity index (χ4v) is 2.54. The zero-order chi connectivity index (χ0) is 13.0. The van der Waals surface area contributed by atoms with Gasteiger partial charge in [0.1, 0.15) is 0 Å². The molecule has 0 aromatic carbocycles. The molecule has 2 heterocycles. The number of rotatable bonds is 3. The number of pyridine rings is 1. The topological polar surface area (TPSA) is 49.1 Å². The third-order valence-corrected chi connectivity index (χ3v) is 3.48. The highest BCUT2D eigenvalue weighted by molar-refractivity contribution is 5.25. The van der Waals surface area contributed by atoms with Gasteiger partial charge in [-0.05, 0) is 32.4 Å². The molecular formula is C14H19N3O. The summed E-state index contributed by atoms with van der Waals surface area (Å²) in [5.74, 6) is 0.682. The maximum absolute atomic E-state index is 9.22. The lowest BCUT2D eigenvalue weighted by Crippen LogP contribution is -2.40. The molecule has 4 heteroatoms. The molecule has 0 radical (unpaired) electrons. The first kappa shape index (κ1) is 12.8. The van der Waals surface area contributed by atoms with Crippen molar-refractivity contribution in [3.63, 3.8) is 0 Å². The highest BCUT2D eigenvalue weighted by atomic mass is 16.5. The van der Waals surface area contributed by atoms with E-state index in [1.807, 2.05) is 19.1 Å². The van der Waals surface area contributed by atoms with Crippen LogP contribution < -0.4 is 4.74 Å². The van der Waals surface area contributed by atoms with E-state index in [1.165, 1.54) is 0 Å². The molecule has 0 bridgehead atoms. The van der Waals surface area contributed by atoms with Crippen molar-refractivity contribution in [1.82, 2.24) is 9.88 Å². The van der Waals surface area contributed by atoms with Crippen molar-refractivity contribution < 1.29 is 4.74 Å². The largest absolute Gasteiger partial charge is 0.481 e. The Kier molecular flexibility index (Phi) is 3.83. The van der Waals surface area contributed by atoms with Crippen LogP contribution in [0.1, 0.15) is 25.3 Å². The molecule has 1 unspecified atom stereocenters. The van der Waals surface area contributed by atoms with E-state index in [1.54, 1.807) is 13.3 Å². The first-order valence-corrected chi connectivity index (χ1v) is 6.28. The maximum atomic E-state index is 9.22. The van der Waals surface area contributed by atoms with Crippen LogP contribution in [0.3, 0.4) is 0 Å². The smallest absolute Gasteiger partial charge is 0.217 e. The lowest BCUT2D eigenvalue weighted by atomic mass is 9.83. The Morgan fingerprint density at radius 2 is 2.44 bits per heavy atom. The van der Waals surface area contributed by atoms with Crippen LogP contribution in [-0.4, -0.2) is 30.1 Å². The van der Waals surface area contributed by atoms with E-state index in [9.17, 15) is 5.26 Å². The average molecular weight is 245 g/mol. The third kappa shape index (κ3) is 2.80. The molecule has 1 aromatic heterocycles. The maximum Gasteiger partial charge on any atom is 0.217 e. The van der Waals surface area contributed by atoms with Crippen LogP contribution in [0.15, 0.2) is 18.3 Å². The minimum absolute atomic E-state index is 0.215. The zero-order valence-corrected chi connectivity index (χ0v) is 11.0. The van der Waals surface area contributed by atoms with Crippen molar-refractivity contribution in [3.8, 4) is 11.9 Å². The van der Waals surface area contributed by atoms with Crippen molar-refractivity contribution in [2.45, 2.75) is 26.3 Å². The summed E-state index contributed by atoms with van der Waals surface area (Å²) in [6, 6.07) is 6.39. The predicted octanol–water partition coefficient (Wildman–Crippen LogP) is 2.22. The van der Waals surface area contributed by atoms with Gasteiger partial charge >= 0.3 is 0 Å². The number of aromatic nitrogens is 1. The number of hydrogen-bond donors (Lipinski definition) is 0. The number of hydrogen-bond acceptors (Lipinski definition) is 4. The van der Waals surface area contributed by atoms with Gasteiger partial charge in [0, 0.05) is 24.8 Å². The molecule has 18 heavy (non-hydrogen) atoms. The summed E-state index contributed by atoms with van der Waals surface area (Å²) < 4.78 is 5.26. The van der Waals surface area contributed by atoms with Crippen LogP contribution in [0.4, 0.5) is 0 Å². The molecule has 1 aliphatic heterocycles. The third-order valence-electron chi connectivity index (χ3n) is 3.48. The van der Waals surface area contributed by atoms with E-state index >= 15 is 0 Å². The molecule has 0 saturated carbocycles. The molecule has 4 nitrogen and oxygen atoms in total. The first-order chi connectivity index (χ1) is 8.67. The Labute approximate surface area is 108 Å². The Morgan fingerprint density at radius 1 is 1.61 bits per heavy atom. The predicted molar refractivity (Wildman–Crippen MR) is 69.0 cm³/mol. The van der Waals surface area contributed by atoms with E-state index in [-0.39, 0.29) is 5.41 Å². The summed E-state index contributed by atoms with van der Waals surface area (Å²) in [5, 5.41) is 9.22. The van der Waals surface area contributed by atoms with Gasteiger partial charge in [-0.25, -0.2) is 4.98 Å². The quantitative estimate of drug-likeness (QED) is 0.819. The number of ether oxygens (including phenoxy) is 1. The van der Waals surface area contributed by atoms with Gasteiger partial charge in [-0.3, -0.25) is 4.90 Å². The van der Waals surface area contributed by atoms with Crippen LogP contribution in [0.25, 0.3) is 0 Å². The standard InChI is InChI=1S/C14H19N3O/c1-14(10-15)6-4-8-17(11-14)9-12-5-3-7-16-13(12)18-2/h3,5,7H,4,6,8-9,11H2,1-2H3. The molecule has 1 saturated heterocycles. The molecule has 0 amide bonds. The van der Waals surface area contributed by atoms with Crippen molar-refractivity contribution in [2.24, 2.45) is 5.41 Å². The van der Waals surface area contributed by atoms with Crippen molar-refractivity contribution in [3.05, 3.63) is 23.9 Å². The summed E-state index contributed by atoms with van der Waals surface area (Å²) in [4.78, 5) is 6.52. The van der Waals surface area contributed by atoms with Crippen LogP contribution in [0.5, 0.6) is 5.88 Å². The van der Waals surface area contributed by atoms with Gasteiger partial charge < -0.3 is 4.74 Å². The van der Waals surface area contributed by atoms with Crippen LogP contribution >= 0.6 is 0 Å². The van der Waals surface area contributed by atoms with Crippen molar-refractivity contribution >= 4 is 0 Å².